The van der Waals surface area contributed by atoms with Crippen molar-refractivity contribution in [2.75, 3.05) is 13.1 Å². The van der Waals surface area contributed by atoms with Gasteiger partial charge in [0.15, 0.2) is 5.60 Å². The molecule has 1 aromatic carbocycles. The standard InChI is InChI=1S/C22H29FN4O2/c1-22(2,29-18-11-9-17(23)10-12-18)21(28)26-13-6-7-16(15-26)20-25-24-19-8-4-3-5-14-27(19)20/h9-12,16H,3-8,13-15H2,1-2H3. The number of aromatic nitrogens is 3. The Labute approximate surface area is 171 Å². The number of likely N-dealkylation sites (tertiary alicyclic amines) is 1. The molecule has 0 radical (unpaired) electrons. The van der Waals surface area contributed by atoms with Crippen LogP contribution in [0.15, 0.2) is 24.3 Å². The minimum Gasteiger partial charge on any atom is -0.478 e. The van der Waals surface area contributed by atoms with Crippen LogP contribution in [0.2, 0.25) is 0 Å². The van der Waals surface area contributed by atoms with Crippen LogP contribution < -0.4 is 4.74 Å². The minimum absolute atomic E-state index is 0.0536. The number of rotatable bonds is 4. The summed E-state index contributed by atoms with van der Waals surface area (Å²) in [6, 6.07) is 5.78. The number of hydrogen-bond donors (Lipinski definition) is 0. The minimum atomic E-state index is -1.03. The second-order valence-electron chi connectivity index (χ2n) is 8.59. The van der Waals surface area contributed by atoms with Crippen molar-refractivity contribution in [3.8, 4) is 5.75 Å². The van der Waals surface area contributed by atoms with E-state index in [9.17, 15) is 9.18 Å². The topological polar surface area (TPSA) is 60.2 Å². The molecule has 0 spiro atoms. The lowest BCUT2D eigenvalue weighted by molar-refractivity contribution is -0.146. The van der Waals surface area contributed by atoms with Crippen LogP contribution in [0.25, 0.3) is 0 Å². The van der Waals surface area contributed by atoms with Gasteiger partial charge in [-0.25, -0.2) is 4.39 Å². The van der Waals surface area contributed by atoms with E-state index in [2.05, 4.69) is 14.8 Å². The van der Waals surface area contributed by atoms with Crippen LogP contribution in [0.4, 0.5) is 4.39 Å². The smallest absolute Gasteiger partial charge is 0.266 e. The Morgan fingerprint density at radius 2 is 1.90 bits per heavy atom. The van der Waals surface area contributed by atoms with E-state index in [0.29, 0.717) is 18.8 Å². The van der Waals surface area contributed by atoms with E-state index in [1.165, 1.54) is 25.0 Å². The van der Waals surface area contributed by atoms with Crippen molar-refractivity contribution in [3.05, 3.63) is 41.7 Å². The van der Waals surface area contributed by atoms with Crippen LogP contribution >= 0.6 is 0 Å². The maximum Gasteiger partial charge on any atom is 0.266 e. The number of ether oxygens (including phenoxy) is 1. The Morgan fingerprint density at radius 1 is 1.10 bits per heavy atom. The molecule has 7 heteroatoms. The van der Waals surface area contributed by atoms with Gasteiger partial charge >= 0.3 is 0 Å². The second-order valence-corrected chi connectivity index (χ2v) is 8.59. The predicted molar refractivity (Wildman–Crippen MR) is 107 cm³/mol. The van der Waals surface area contributed by atoms with Crippen molar-refractivity contribution >= 4 is 5.91 Å². The van der Waals surface area contributed by atoms with Crippen molar-refractivity contribution in [1.82, 2.24) is 19.7 Å². The molecule has 1 fully saturated rings. The third-order valence-corrected chi connectivity index (χ3v) is 5.91. The van der Waals surface area contributed by atoms with Crippen LogP contribution in [0.1, 0.15) is 63.5 Å². The molecular formula is C22H29FN4O2. The number of fused-ring (bicyclic) bond motifs is 1. The van der Waals surface area contributed by atoms with Gasteiger partial charge in [0, 0.05) is 32.0 Å². The molecule has 156 valence electrons. The third kappa shape index (κ3) is 4.28. The van der Waals surface area contributed by atoms with E-state index in [1.54, 1.807) is 26.0 Å². The van der Waals surface area contributed by atoms with E-state index in [0.717, 1.165) is 43.9 Å². The molecule has 0 aliphatic carbocycles. The van der Waals surface area contributed by atoms with Crippen molar-refractivity contribution in [1.29, 1.82) is 0 Å². The average molecular weight is 400 g/mol. The number of carbonyl (C=O) groups is 1. The summed E-state index contributed by atoms with van der Waals surface area (Å²) >= 11 is 0. The third-order valence-electron chi connectivity index (χ3n) is 5.91. The molecule has 0 N–H and O–H groups in total. The van der Waals surface area contributed by atoms with Gasteiger partial charge in [-0.05, 0) is 63.8 Å². The number of benzene rings is 1. The lowest BCUT2D eigenvalue weighted by Crippen LogP contribution is -2.51. The van der Waals surface area contributed by atoms with Gasteiger partial charge in [0.2, 0.25) is 0 Å². The molecule has 6 nitrogen and oxygen atoms in total. The summed E-state index contributed by atoms with van der Waals surface area (Å²) < 4.78 is 21.3. The number of hydrogen-bond acceptors (Lipinski definition) is 4. The van der Waals surface area contributed by atoms with Gasteiger partial charge < -0.3 is 14.2 Å². The quantitative estimate of drug-likeness (QED) is 0.785. The highest BCUT2D eigenvalue weighted by molar-refractivity contribution is 5.85. The summed E-state index contributed by atoms with van der Waals surface area (Å²) in [5.41, 5.74) is -1.03. The van der Waals surface area contributed by atoms with E-state index < -0.39 is 5.60 Å². The van der Waals surface area contributed by atoms with Crippen molar-refractivity contribution in [2.24, 2.45) is 0 Å². The van der Waals surface area contributed by atoms with Crippen LogP contribution in [0.5, 0.6) is 5.75 Å². The van der Waals surface area contributed by atoms with Gasteiger partial charge in [-0.2, -0.15) is 0 Å². The van der Waals surface area contributed by atoms with Crippen molar-refractivity contribution in [3.63, 3.8) is 0 Å². The number of nitrogens with zero attached hydrogens (tertiary/aromatic N) is 4. The number of carbonyl (C=O) groups excluding carboxylic acids is 1. The van der Waals surface area contributed by atoms with Crippen LogP contribution in [-0.4, -0.2) is 44.3 Å². The van der Waals surface area contributed by atoms with Gasteiger partial charge in [0.25, 0.3) is 5.91 Å². The fraction of sp³-hybridized carbons (Fsp3) is 0.591. The Morgan fingerprint density at radius 3 is 2.69 bits per heavy atom. The van der Waals surface area contributed by atoms with Crippen molar-refractivity contribution in [2.45, 2.75) is 70.4 Å². The molecule has 2 aliphatic heterocycles. The summed E-state index contributed by atoms with van der Waals surface area (Å²) in [7, 11) is 0. The zero-order valence-electron chi connectivity index (χ0n) is 17.2. The number of halogens is 1. The van der Waals surface area contributed by atoms with E-state index >= 15 is 0 Å². The maximum absolute atomic E-state index is 13.2. The first-order valence-corrected chi connectivity index (χ1v) is 10.6. The molecule has 1 saturated heterocycles. The van der Waals surface area contributed by atoms with Gasteiger partial charge in [-0.15, -0.1) is 10.2 Å². The highest BCUT2D eigenvalue weighted by Gasteiger charge is 2.38. The molecule has 3 heterocycles. The largest absolute Gasteiger partial charge is 0.478 e. The zero-order valence-corrected chi connectivity index (χ0v) is 17.2. The van der Waals surface area contributed by atoms with E-state index in [-0.39, 0.29) is 17.6 Å². The highest BCUT2D eigenvalue weighted by Crippen LogP contribution is 2.30. The lowest BCUT2D eigenvalue weighted by atomic mass is 9.95. The number of piperidine rings is 1. The zero-order chi connectivity index (χ0) is 20.4. The van der Waals surface area contributed by atoms with E-state index in [1.807, 2.05) is 4.90 Å². The first kappa shape index (κ1) is 19.9. The fourth-order valence-electron chi connectivity index (χ4n) is 4.40. The Balaban J connectivity index is 1.47. The van der Waals surface area contributed by atoms with Gasteiger partial charge in [0.05, 0.1) is 0 Å². The molecule has 0 bridgehead atoms. The molecule has 2 aromatic rings. The first-order chi connectivity index (χ1) is 13.9. The van der Waals surface area contributed by atoms with Crippen LogP contribution in [-0.2, 0) is 17.8 Å². The van der Waals surface area contributed by atoms with Crippen LogP contribution in [0.3, 0.4) is 0 Å². The summed E-state index contributed by atoms with van der Waals surface area (Å²) in [6.07, 6.45) is 6.49. The molecule has 1 unspecified atom stereocenters. The molecule has 1 atom stereocenters. The SMILES string of the molecule is CC(C)(Oc1ccc(F)cc1)C(=O)N1CCCC(c2nnc3n2CCCCC3)C1. The van der Waals surface area contributed by atoms with Gasteiger partial charge in [0.1, 0.15) is 23.2 Å². The molecule has 1 amide bonds. The molecule has 1 aromatic heterocycles. The summed E-state index contributed by atoms with van der Waals surface area (Å²) in [5.74, 6) is 2.42. The molecule has 0 saturated carbocycles. The Bertz CT molecular complexity index is 862. The molecule has 29 heavy (non-hydrogen) atoms. The number of aryl methyl sites for hydroxylation is 1. The monoisotopic (exact) mass is 400 g/mol. The van der Waals surface area contributed by atoms with Gasteiger partial charge in [-0.3, -0.25) is 4.79 Å². The lowest BCUT2D eigenvalue weighted by Gasteiger charge is -2.37. The van der Waals surface area contributed by atoms with Crippen LogP contribution in [0, 0.1) is 5.82 Å². The second kappa shape index (κ2) is 8.13. The Kier molecular flexibility index (Phi) is 5.56. The highest BCUT2D eigenvalue weighted by atomic mass is 19.1. The summed E-state index contributed by atoms with van der Waals surface area (Å²) in [6.45, 7) is 5.86. The summed E-state index contributed by atoms with van der Waals surface area (Å²) in [5, 5.41) is 8.93. The van der Waals surface area contributed by atoms with Gasteiger partial charge in [-0.1, -0.05) is 6.42 Å². The van der Waals surface area contributed by atoms with E-state index in [4.69, 9.17) is 4.74 Å². The predicted octanol–water partition coefficient (Wildman–Crippen LogP) is 3.71. The number of amides is 1. The maximum atomic E-state index is 13.2. The molecular weight excluding hydrogens is 371 g/mol. The molecule has 2 aliphatic rings. The normalized spacial score (nSPS) is 20.1. The van der Waals surface area contributed by atoms with Crippen molar-refractivity contribution < 1.29 is 13.9 Å². The fourth-order valence-corrected chi connectivity index (χ4v) is 4.40. The summed E-state index contributed by atoms with van der Waals surface area (Å²) in [4.78, 5) is 15.1. The average Bonchev–Trinajstić information content (AvgIpc) is 2.97. The Hall–Kier alpha value is -2.44. The first-order valence-electron chi connectivity index (χ1n) is 10.6. The molecule has 4 rings (SSSR count).